The lowest BCUT2D eigenvalue weighted by atomic mass is 10.0. The highest BCUT2D eigenvalue weighted by Crippen LogP contribution is 2.26. The molecule has 1 aromatic carbocycles. The van der Waals surface area contributed by atoms with Crippen LogP contribution in [0.4, 0.5) is 0 Å². The number of benzene rings is 1. The number of aliphatic carboxylic acids is 1. The van der Waals surface area contributed by atoms with Gasteiger partial charge in [0.2, 0.25) is 17.7 Å². The van der Waals surface area contributed by atoms with Gasteiger partial charge in [-0.25, -0.2) is 4.79 Å². The summed E-state index contributed by atoms with van der Waals surface area (Å²) in [4.78, 5) is 54.2. The van der Waals surface area contributed by atoms with Crippen LogP contribution in [0.15, 0.2) is 24.3 Å². The molecule has 2 heterocycles. The van der Waals surface area contributed by atoms with Crippen molar-refractivity contribution >= 4 is 35.5 Å². The average Bonchev–Trinajstić information content (AvgIpc) is 3.52. The molecule has 3 amide bonds. The van der Waals surface area contributed by atoms with E-state index in [1.807, 2.05) is 6.26 Å². The molecule has 0 saturated carbocycles. The second-order valence-corrected chi connectivity index (χ2v) is 10.0. The molecule has 3 rings (SSSR count). The quantitative estimate of drug-likeness (QED) is 0.359. The summed E-state index contributed by atoms with van der Waals surface area (Å²) in [6.07, 6.45) is 4.77. The van der Waals surface area contributed by atoms with Gasteiger partial charge in [-0.1, -0.05) is 12.1 Å². The van der Waals surface area contributed by atoms with Crippen LogP contribution in [0, 0.1) is 0 Å². The maximum absolute atomic E-state index is 13.4. The topological polar surface area (TPSA) is 153 Å². The molecule has 0 radical (unpaired) electrons. The van der Waals surface area contributed by atoms with Crippen molar-refractivity contribution in [3.63, 3.8) is 0 Å². The molecule has 0 aliphatic carbocycles. The van der Waals surface area contributed by atoms with E-state index in [1.54, 1.807) is 28.8 Å². The molecule has 5 N–H and O–H groups in total. The van der Waals surface area contributed by atoms with Crippen LogP contribution in [0.5, 0.6) is 5.75 Å². The monoisotopic (exact) mass is 506 g/mol. The zero-order valence-electron chi connectivity index (χ0n) is 19.9. The molecule has 0 spiro atoms. The molecule has 35 heavy (non-hydrogen) atoms. The molecular weight excluding hydrogens is 472 g/mol. The Hall–Kier alpha value is -2.79. The van der Waals surface area contributed by atoms with E-state index in [2.05, 4.69) is 5.32 Å². The van der Waals surface area contributed by atoms with Crippen molar-refractivity contribution in [2.75, 3.05) is 25.1 Å². The van der Waals surface area contributed by atoms with Gasteiger partial charge in [0.25, 0.3) is 0 Å². The van der Waals surface area contributed by atoms with Gasteiger partial charge >= 0.3 is 5.97 Å². The third-order valence-electron chi connectivity index (χ3n) is 6.60. The molecule has 0 bridgehead atoms. The Morgan fingerprint density at radius 2 is 1.71 bits per heavy atom. The molecule has 2 aliphatic heterocycles. The number of likely N-dealkylation sites (tertiary alicyclic amines) is 2. The highest BCUT2D eigenvalue weighted by atomic mass is 32.2. The predicted octanol–water partition coefficient (Wildman–Crippen LogP) is 0.567. The Morgan fingerprint density at radius 1 is 1.09 bits per heavy atom. The Morgan fingerprint density at radius 3 is 2.34 bits per heavy atom. The first-order valence-corrected chi connectivity index (χ1v) is 13.3. The van der Waals surface area contributed by atoms with Crippen LogP contribution in [0.25, 0.3) is 0 Å². The van der Waals surface area contributed by atoms with Crippen molar-refractivity contribution in [3.05, 3.63) is 29.8 Å². The lowest BCUT2D eigenvalue weighted by Crippen LogP contribution is -2.56. The molecule has 2 fully saturated rings. The van der Waals surface area contributed by atoms with Gasteiger partial charge in [0.05, 0.1) is 6.04 Å². The Bertz CT molecular complexity index is 927. The largest absolute Gasteiger partial charge is 0.508 e. The van der Waals surface area contributed by atoms with Crippen molar-refractivity contribution in [3.8, 4) is 5.75 Å². The number of phenolic OH excluding ortho intramolecular Hbond substituents is 1. The smallest absolute Gasteiger partial charge is 0.326 e. The number of phenols is 1. The normalized spacial score (nSPS) is 21.5. The number of hydrogen-bond donors (Lipinski definition) is 4. The Balaban J connectivity index is 1.66. The molecule has 2 saturated heterocycles. The van der Waals surface area contributed by atoms with Crippen LogP contribution >= 0.6 is 11.8 Å². The number of nitrogens with zero attached hydrogens (tertiary/aromatic N) is 2. The van der Waals surface area contributed by atoms with E-state index in [0.29, 0.717) is 50.8 Å². The van der Waals surface area contributed by atoms with E-state index in [1.165, 1.54) is 17.0 Å². The number of aromatic hydroxyl groups is 1. The van der Waals surface area contributed by atoms with Crippen molar-refractivity contribution in [1.82, 2.24) is 15.1 Å². The number of nitrogens with two attached hydrogens (primary N) is 1. The number of carboxylic acids is 1. The van der Waals surface area contributed by atoms with Crippen LogP contribution in [-0.2, 0) is 25.6 Å². The van der Waals surface area contributed by atoms with Gasteiger partial charge in [-0.2, -0.15) is 11.8 Å². The minimum atomic E-state index is -1.19. The number of amides is 3. The molecule has 0 aromatic heterocycles. The van der Waals surface area contributed by atoms with Crippen LogP contribution in [0.2, 0.25) is 0 Å². The van der Waals surface area contributed by atoms with Crippen LogP contribution in [0.3, 0.4) is 0 Å². The van der Waals surface area contributed by atoms with Crippen LogP contribution in [-0.4, -0.2) is 93.0 Å². The van der Waals surface area contributed by atoms with Gasteiger partial charge in [-0.3, -0.25) is 14.4 Å². The lowest BCUT2D eigenvalue weighted by molar-refractivity contribution is -0.148. The molecule has 4 unspecified atom stereocenters. The first-order chi connectivity index (χ1) is 16.7. The van der Waals surface area contributed by atoms with E-state index in [4.69, 9.17) is 5.73 Å². The van der Waals surface area contributed by atoms with Crippen molar-refractivity contribution in [2.45, 2.75) is 62.7 Å². The highest BCUT2D eigenvalue weighted by Gasteiger charge is 2.43. The average molecular weight is 507 g/mol. The van der Waals surface area contributed by atoms with Crippen molar-refractivity contribution < 1.29 is 29.4 Å². The zero-order chi connectivity index (χ0) is 25.5. The molecule has 192 valence electrons. The summed E-state index contributed by atoms with van der Waals surface area (Å²) in [6, 6.07) is 2.82. The maximum atomic E-state index is 13.4. The third-order valence-corrected chi connectivity index (χ3v) is 7.24. The first-order valence-electron chi connectivity index (χ1n) is 11.9. The SMILES string of the molecule is CSCCC(N)C(=O)N1CCCC1C(=O)N1CCCC1C(=O)NC(Cc1ccc(O)cc1)C(=O)O. The molecule has 1 aromatic rings. The van der Waals surface area contributed by atoms with Crippen molar-refractivity contribution in [2.24, 2.45) is 5.73 Å². The first kappa shape index (κ1) is 26.8. The minimum Gasteiger partial charge on any atom is -0.508 e. The molecule has 11 heteroatoms. The van der Waals surface area contributed by atoms with E-state index in [0.717, 1.165) is 5.75 Å². The fourth-order valence-electron chi connectivity index (χ4n) is 4.70. The highest BCUT2D eigenvalue weighted by molar-refractivity contribution is 7.98. The summed E-state index contributed by atoms with van der Waals surface area (Å²) >= 11 is 1.61. The van der Waals surface area contributed by atoms with Crippen LogP contribution in [0.1, 0.15) is 37.7 Å². The standard InChI is InChI=1S/C24H34N4O6S/c1-35-13-10-17(25)22(31)28-12-3-5-20(28)23(32)27-11-2-4-19(27)21(30)26-18(24(33)34)14-15-6-8-16(29)9-7-15/h6-9,17-20,29H,2-5,10-14,25H2,1H3,(H,26,30)(H,33,34). The number of rotatable bonds is 10. The maximum Gasteiger partial charge on any atom is 0.326 e. The van der Waals surface area contributed by atoms with Gasteiger partial charge in [0.15, 0.2) is 0 Å². The summed E-state index contributed by atoms with van der Waals surface area (Å²) in [5.41, 5.74) is 6.71. The van der Waals surface area contributed by atoms with E-state index in [9.17, 15) is 29.4 Å². The number of carbonyl (C=O) groups is 4. The zero-order valence-corrected chi connectivity index (χ0v) is 20.7. The number of nitrogens with one attached hydrogen (secondary N) is 1. The van der Waals surface area contributed by atoms with Crippen molar-refractivity contribution in [1.29, 1.82) is 0 Å². The second-order valence-electron chi connectivity index (χ2n) is 9.04. The lowest BCUT2D eigenvalue weighted by Gasteiger charge is -2.32. The number of carbonyl (C=O) groups excluding carboxylic acids is 3. The minimum absolute atomic E-state index is 0.0425. The molecule has 10 nitrogen and oxygen atoms in total. The predicted molar refractivity (Wildman–Crippen MR) is 132 cm³/mol. The summed E-state index contributed by atoms with van der Waals surface area (Å²) in [7, 11) is 0. The summed E-state index contributed by atoms with van der Waals surface area (Å²) in [5, 5.41) is 21.6. The van der Waals surface area contributed by atoms with E-state index < -0.39 is 36.0 Å². The fraction of sp³-hybridized carbons (Fsp3) is 0.583. The Labute approximate surface area is 209 Å². The third kappa shape index (κ3) is 6.66. The van der Waals surface area contributed by atoms with Gasteiger partial charge in [-0.05, 0) is 61.8 Å². The van der Waals surface area contributed by atoms with Gasteiger partial charge < -0.3 is 31.1 Å². The second kappa shape index (κ2) is 12.3. The molecular formula is C24H34N4O6S. The van der Waals surface area contributed by atoms with Gasteiger partial charge in [-0.15, -0.1) is 0 Å². The van der Waals surface area contributed by atoms with Gasteiger partial charge in [0, 0.05) is 19.5 Å². The molecule has 2 aliphatic rings. The van der Waals surface area contributed by atoms with Gasteiger partial charge in [0.1, 0.15) is 23.9 Å². The summed E-state index contributed by atoms with van der Waals surface area (Å²) < 4.78 is 0. The Kier molecular flexibility index (Phi) is 9.39. The number of carboxylic acid groups (broad SMARTS) is 1. The van der Waals surface area contributed by atoms with E-state index >= 15 is 0 Å². The fourth-order valence-corrected chi connectivity index (χ4v) is 5.19. The van der Waals surface area contributed by atoms with E-state index in [-0.39, 0.29) is 24.0 Å². The summed E-state index contributed by atoms with van der Waals surface area (Å²) in [6.45, 7) is 0.838. The van der Waals surface area contributed by atoms with Crippen LogP contribution < -0.4 is 11.1 Å². The number of thioether (sulfide) groups is 1. The molecule has 4 atom stereocenters. The summed E-state index contributed by atoms with van der Waals surface area (Å²) in [5.74, 6) is -1.41. The number of hydrogen-bond acceptors (Lipinski definition) is 7.